The molecule has 1 fully saturated rings. The van der Waals surface area contributed by atoms with Gasteiger partial charge in [-0.3, -0.25) is 0 Å². The highest BCUT2D eigenvalue weighted by molar-refractivity contribution is 7.71. The van der Waals surface area contributed by atoms with Crippen LogP contribution in [-0.2, 0) is 29.7 Å². The zero-order valence-corrected chi connectivity index (χ0v) is 15.2. The highest BCUT2D eigenvalue weighted by atomic mass is 32.1. The van der Waals surface area contributed by atoms with Crippen molar-refractivity contribution in [3.63, 3.8) is 0 Å². The second-order valence-electron chi connectivity index (χ2n) is 6.41. The van der Waals surface area contributed by atoms with Crippen LogP contribution in [0.4, 0.5) is 0 Å². The maximum atomic E-state index is 11.9. The Kier molecular flexibility index (Phi) is 5.31. The lowest BCUT2D eigenvalue weighted by molar-refractivity contribution is -0.928. The lowest BCUT2D eigenvalue weighted by Crippen LogP contribution is -3.14. The Morgan fingerprint density at radius 1 is 1.44 bits per heavy atom. The molecule has 0 radical (unpaired) electrons. The van der Waals surface area contributed by atoms with Gasteiger partial charge >= 0.3 is 5.97 Å². The van der Waals surface area contributed by atoms with Crippen LogP contribution in [-0.4, -0.2) is 51.2 Å². The van der Waals surface area contributed by atoms with Crippen molar-refractivity contribution in [3.8, 4) is 0 Å². The van der Waals surface area contributed by atoms with Gasteiger partial charge in [-0.25, -0.2) is 4.79 Å². The molecule has 1 aliphatic rings. The predicted molar refractivity (Wildman–Crippen MR) is 93.5 cm³/mol. The van der Waals surface area contributed by atoms with Crippen LogP contribution in [0.5, 0.6) is 0 Å². The number of esters is 1. The summed E-state index contributed by atoms with van der Waals surface area (Å²) in [5.74, 6) is 0.559. The zero-order valence-electron chi connectivity index (χ0n) is 14.4. The van der Waals surface area contributed by atoms with Gasteiger partial charge in [-0.1, -0.05) is 30.3 Å². The summed E-state index contributed by atoms with van der Waals surface area (Å²) in [4.78, 5) is 12.9. The molecule has 0 spiro atoms. The third kappa shape index (κ3) is 3.81. The van der Waals surface area contributed by atoms with Crippen LogP contribution in [0.3, 0.4) is 0 Å². The van der Waals surface area contributed by atoms with Crippen molar-refractivity contribution in [3.05, 3.63) is 46.5 Å². The summed E-state index contributed by atoms with van der Waals surface area (Å²) in [5.41, 5.74) is 1.16. The first kappa shape index (κ1) is 17.8. The van der Waals surface area contributed by atoms with E-state index in [2.05, 4.69) is 17.2 Å². The monoisotopic (exact) mass is 363 g/mol. The molecular weight excluding hydrogens is 340 g/mol. The number of aromatic nitrogens is 3. The number of aliphatic hydroxyl groups excluding tert-OH is 1. The Morgan fingerprint density at radius 3 is 2.84 bits per heavy atom. The van der Waals surface area contributed by atoms with Crippen LogP contribution in [0.25, 0.3) is 0 Å². The highest BCUT2D eigenvalue weighted by Crippen LogP contribution is 2.08. The van der Waals surface area contributed by atoms with Crippen molar-refractivity contribution in [2.24, 2.45) is 7.05 Å². The van der Waals surface area contributed by atoms with Gasteiger partial charge in [-0.05, 0) is 17.8 Å². The lowest BCUT2D eigenvalue weighted by atomic mass is 10.1. The van der Waals surface area contributed by atoms with Crippen molar-refractivity contribution >= 4 is 18.2 Å². The first-order chi connectivity index (χ1) is 12.0. The summed E-state index contributed by atoms with van der Waals surface area (Å²) in [6, 6.07) is 9.70. The van der Waals surface area contributed by atoms with Crippen molar-refractivity contribution in [2.75, 3.05) is 13.7 Å². The minimum absolute atomic E-state index is 0.307. The fourth-order valence-electron chi connectivity index (χ4n) is 3.31. The largest absolute Gasteiger partial charge is 0.465 e. The number of hydrogen-bond donors (Lipinski definition) is 2. The molecule has 2 aromatic rings. The summed E-state index contributed by atoms with van der Waals surface area (Å²) in [7, 11) is 3.27. The Bertz CT molecular complexity index is 802. The van der Waals surface area contributed by atoms with Gasteiger partial charge in [0.2, 0.25) is 4.77 Å². The third-order valence-electron chi connectivity index (χ3n) is 4.67. The lowest BCUT2D eigenvalue weighted by Gasteiger charge is -2.18. The molecule has 134 valence electrons. The van der Waals surface area contributed by atoms with E-state index in [1.54, 1.807) is 4.68 Å². The molecule has 1 aromatic heterocycles. The van der Waals surface area contributed by atoms with Crippen molar-refractivity contribution < 1.29 is 19.5 Å². The van der Waals surface area contributed by atoms with E-state index in [9.17, 15) is 9.90 Å². The summed E-state index contributed by atoms with van der Waals surface area (Å²) in [5, 5.41) is 14.6. The molecule has 2 heterocycles. The standard InChI is InChI=1S/C17H22N4O3S/c1-19-15(8-12-6-4-3-5-7-12)18-21(17(19)25)11-20-10-13(22)9-14(20)16(23)24-2/h3-7,13-14,22H,8-11H2,1-2H3/p+1/t13-,14+/m1/s1. The minimum Gasteiger partial charge on any atom is -0.465 e. The average Bonchev–Trinajstić information content (AvgIpc) is 3.10. The second kappa shape index (κ2) is 7.47. The van der Waals surface area contributed by atoms with Gasteiger partial charge in [-0.15, -0.1) is 0 Å². The summed E-state index contributed by atoms with van der Waals surface area (Å²) in [6.45, 7) is 0.907. The number of aliphatic hydroxyl groups is 1. The average molecular weight is 363 g/mol. The topological polar surface area (TPSA) is 73.7 Å². The van der Waals surface area contributed by atoms with E-state index in [1.807, 2.05) is 29.8 Å². The molecule has 3 rings (SSSR count). The summed E-state index contributed by atoms with van der Waals surface area (Å²) >= 11 is 5.50. The summed E-state index contributed by atoms with van der Waals surface area (Å²) < 4.78 is 9.08. The molecule has 1 aromatic carbocycles. The van der Waals surface area contributed by atoms with Gasteiger partial charge in [0.25, 0.3) is 0 Å². The van der Waals surface area contributed by atoms with E-state index in [-0.39, 0.29) is 12.0 Å². The first-order valence-corrected chi connectivity index (χ1v) is 8.67. The molecular formula is C17H23N4O3S+. The van der Waals surface area contributed by atoms with E-state index < -0.39 is 6.10 Å². The Hall–Kier alpha value is -2.03. The number of nitrogens with zero attached hydrogens (tertiary/aromatic N) is 3. The van der Waals surface area contributed by atoms with Crippen LogP contribution < -0.4 is 4.90 Å². The van der Waals surface area contributed by atoms with E-state index in [1.165, 1.54) is 7.11 Å². The van der Waals surface area contributed by atoms with Gasteiger partial charge in [-0.2, -0.15) is 9.78 Å². The van der Waals surface area contributed by atoms with E-state index in [0.29, 0.717) is 30.8 Å². The van der Waals surface area contributed by atoms with Crippen LogP contribution >= 0.6 is 12.2 Å². The molecule has 1 unspecified atom stereocenters. The van der Waals surface area contributed by atoms with Crippen molar-refractivity contribution in [1.29, 1.82) is 0 Å². The molecule has 8 heteroatoms. The maximum absolute atomic E-state index is 11.9. The number of methoxy groups -OCH3 is 1. The third-order valence-corrected chi connectivity index (χ3v) is 5.16. The van der Waals surface area contributed by atoms with Gasteiger partial charge in [0.15, 0.2) is 12.7 Å². The smallest absolute Gasteiger partial charge is 0.364 e. The number of nitrogens with one attached hydrogen (secondary N) is 1. The molecule has 7 nitrogen and oxygen atoms in total. The van der Waals surface area contributed by atoms with Crippen LogP contribution in [0.15, 0.2) is 30.3 Å². The number of hydrogen-bond acceptors (Lipinski definition) is 5. The van der Waals surface area contributed by atoms with Crippen molar-refractivity contribution in [2.45, 2.75) is 31.7 Å². The SMILES string of the molecule is COC(=O)[C@@H]1C[C@@H](O)C[NH+]1Cn1nc(Cc2ccccc2)n(C)c1=S. The number of carbonyl (C=O) groups excluding carboxylic acids is 1. The fraction of sp³-hybridized carbons (Fsp3) is 0.471. The molecule has 0 aliphatic carbocycles. The van der Waals surface area contributed by atoms with E-state index in [4.69, 9.17) is 17.0 Å². The quantitative estimate of drug-likeness (QED) is 0.563. The van der Waals surface area contributed by atoms with Crippen LogP contribution in [0, 0.1) is 4.77 Å². The molecule has 0 amide bonds. The number of likely N-dealkylation sites (tertiary alicyclic amines) is 1. The summed E-state index contributed by atoms with van der Waals surface area (Å²) in [6.07, 6.45) is 0.576. The Labute approximate surface area is 151 Å². The molecule has 0 bridgehead atoms. The predicted octanol–water partition coefficient (Wildman–Crippen LogP) is -0.310. The number of ether oxygens (including phenoxy) is 1. The molecule has 25 heavy (non-hydrogen) atoms. The normalized spacial score (nSPS) is 22.9. The fourth-order valence-corrected chi connectivity index (χ4v) is 3.52. The second-order valence-corrected chi connectivity index (χ2v) is 6.77. The van der Waals surface area contributed by atoms with Gasteiger partial charge in [0, 0.05) is 19.9 Å². The number of carbonyl (C=O) groups is 1. The first-order valence-electron chi connectivity index (χ1n) is 8.26. The Morgan fingerprint density at radius 2 is 2.16 bits per heavy atom. The van der Waals surface area contributed by atoms with Crippen LogP contribution in [0.2, 0.25) is 0 Å². The van der Waals surface area contributed by atoms with E-state index in [0.717, 1.165) is 16.3 Å². The molecule has 3 atom stereocenters. The minimum atomic E-state index is -0.513. The van der Waals surface area contributed by atoms with Gasteiger partial charge < -0.3 is 19.3 Å². The molecule has 1 aliphatic heterocycles. The van der Waals surface area contributed by atoms with Crippen LogP contribution in [0.1, 0.15) is 17.8 Å². The molecule has 1 saturated heterocycles. The molecule has 0 saturated carbocycles. The maximum Gasteiger partial charge on any atom is 0.364 e. The number of rotatable bonds is 5. The Balaban J connectivity index is 1.80. The van der Waals surface area contributed by atoms with Gasteiger partial charge in [0.05, 0.1) is 7.11 Å². The molecule has 2 N–H and O–H groups in total. The van der Waals surface area contributed by atoms with Gasteiger partial charge in [0.1, 0.15) is 18.5 Å². The van der Waals surface area contributed by atoms with Crippen molar-refractivity contribution in [1.82, 2.24) is 14.3 Å². The zero-order chi connectivity index (χ0) is 18.0. The number of quaternary nitrogens is 1. The highest BCUT2D eigenvalue weighted by Gasteiger charge is 2.41. The number of benzene rings is 1. The van der Waals surface area contributed by atoms with E-state index >= 15 is 0 Å².